The molecule has 0 aliphatic carbocycles. The van der Waals surface area contributed by atoms with Gasteiger partial charge < -0.3 is 10.1 Å². The molecule has 0 aliphatic rings. The molecule has 2 rings (SSSR count). The highest BCUT2D eigenvalue weighted by atomic mass is 16.5. The highest BCUT2D eigenvalue weighted by Crippen LogP contribution is 2.22. The molecule has 1 aromatic heterocycles. The molecular weight excluding hydrogens is 250 g/mol. The van der Waals surface area contributed by atoms with Gasteiger partial charge in [-0.05, 0) is 25.1 Å². The Morgan fingerprint density at radius 2 is 1.95 bits per heavy atom. The Kier molecular flexibility index (Phi) is 5.65. The lowest BCUT2D eigenvalue weighted by Crippen LogP contribution is -2.16. The molecule has 2 aromatic rings. The van der Waals surface area contributed by atoms with E-state index >= 15 is 0 Å². The molecule has 1 aromatic carbocycles. The van der Waals surface area contributed by atoms with Gasteiger partial charge in [-0.1, -0.05) is 37.3 Å². The van der Waals surface area contributed by atoms with Crippen LogP contribution in [0.25, 0.3) is 0 Å². The zero-order valence-electron chi connectivity index (χ0n) is 12.0. The summed E-state index contributed by atoms with van der Waals surface area (Å²) in [4.78, 5) is 8.99. The van der Waals surface area contributed by atoms with E-state index in [-0.39, 0.29) is 6.10 Å². The fourth-order valence-corrected chi connectivity index (χ4v) is 2.01. The summed E-state index contributed by atoms with van der Waals surface area (Å²) < 4.78 is 5.83. The van der Waals surface area contributed by atoms with Crippen LogP contribution >= 0.6 is 0 Å². The summed E-state index contributed by atoms with van der Waals surface area (Å²) in [7, 11) is 0. The molecule has 0 amide bonds. The van der Waals surface area contributed by atoms with Gasteiger partial charge >= 0.3 is 0 Å². The van der Waals surface area contributed by atoms with Gasteiger partial charge in [0.2, 0.25) is 0 Å². The topological polar surface area (TPSA) is 47.0 Å². The Bertz CT molecular complexity index is 516. The molecule has 1 heterocycles. The Balaban J connectivity index is 2.25. The van der Waals surface area contributed by atoms with Gasteiger partial charge in [0.05, 0.1) is 5.69 Å². The number of nitrogens with one attached hydrogen (secondary N) is 1. The smallest absolute Gasteiger partial charge is 0.162 e. The lowest BCUT2D eigenvalue weighted by atomic mass is 10.1. The molecule has 0 radical (unpaired) electrons. The quantitative estimate of drug-likeness (QED) is 0.841. The van der Waals surface area contributed by atoms with Crippen molar-refractivity contribution in [2.75, 3.05) is 13.2 Å². The van der Waals surface area contributed by atoms with Gasteiger partial charge in [-0.3, -0.25) is 0 Å². The van der Waals surface area contributed by atoms with Gasteiger partial charge in [-0.15, -0.1) is 0 Å². The van der Waals surface area contributed by atoms with E-state index in [1.165, 1.54) is 0 Å². The van der Waals surface area contributed by atoms with Gasteiger partial charge in [0.1, 0.15) is 6.10 Å². The summed E-state index contributed by atoms with van der Waals surface area (Å²) in [6, 6.07) is 12.0. The monoisotopic (exact) mass is 271 g/mol. The second-order valence-corrected chi connectivity index (χ2v) is 4.43. The predicted molar refractivity (Wildman–Crippen MR) is 79.3 cm³/mol. The zero-order valence-corrected chi connectivity index (χ0v) is 12.0. The van der Waals surface area contributed by atoms with E-state index in [4.69, 9.17) is 4.74 Å². The first-order valence-electron chi connectivity index (χ1n) is 7.04. The second kappa shape index (κ2) is 7.72. The minimum Gasteiger partial charge on any atom is -0.366 e. The maximum atomic E-state index is 5.83. The van der Waals surface area contributed by atoms with Crippen LogP contribution in [0.15, 0.2) is 42.6 Å². The number of nitrogens with zero attached hydrogens (tertiary/aromatic N) is 2. The number of ether oxygens (including phenoxy) is 1. The molecule has 0 saturated heterocycles. The van der Waals surface area contributed by atoms with Gasteiger partial charge in [-0.2, -0.15) is 0 Å². The highest BCUT2D eigenvalue weighted by molar-refractivity contribution is 5.23. The molecule has 0 bridgehead atoms. The molecule has 1 unspecified atom stereocenters. The van der Waals surface area contributed by atoms with Crippen molar-refractivity contribution < 1.29 is 4.74 Å². The Hall–Kier alpha value is -1.78. The van der Waals surface area contributed by atoms with Crippen LogP contribution in [0.1, 0.15) is 37.0 Å². The first-order valence-corrected chi connectivity index (χ1v) is 7.04. The molecule has 0 spiro atoms. The van der Waals surface area contributed by atoms with Crippen LogP contribution in [0.5, 0.6) is 0 Å². The fourth-order valence-electron chi connectivity index (χ4n) is 2.01. The van der Waals surface area contributed by atoms with Crippen molar-refractivity contribution in [2.24, 2.45) is 0 Å². The minimum absolute atomic E-state index is 0.206. The Morgan fingerprint density at radius 3 is 2.65 bits per heavy atom. The number of aromatic nitrogens is 2. The summed E-state index contributed by atoms with van der Waals surface area (Å²) in [5.74, 6) is 0.716. The summed E-state index contributed by atoms with van der Waals surface area (Å²) >= 11 is 0. The average Bonchev–Trinajstić information content (AvgIpc) is 2.52. The van der Waals surface area contributed by atoms with Crippen molar-refractivity contribution in [2.45, 2.75) is 26.5 Å². The van der Waals surface area contributed by atoms with Crippen molar-refractivity contribution >= 4 is 0 Å². The number of hydrogen-bond donors (Lipinski definition) is 1. The number of hydrogen-bond acceptors (Lipinski definition) is 4. The third kappa shape index (κ3) is 3.85. The third-order valence-corrected chi connectivity index (χ3v) is 2.96. The van der Waals surface area contributed by atoms with Crippen LogP contribution in [0.4, 0.5) is 0 Å². The molecule has 0 aliphatic heterocycles. The lowest BCUT2D eigenvalue weighted by molar-refractivity contribution is 0.0849. The Morgan fingerprint density at radius 1 is 1.15 bits per heavy atom. The van der Waals surface area contributed by atoms with Crippen LogP contribution in [0, 0.1) is 0 Å². The summed E-state index contributed by atoms with van der Waals surface area (Å²) in [5.41, 5.74) is 2.06. The van der Waals surface area contributed by atoms with Crippen molar-refractivity contribution in [1.82, 2.24) is 15.3 Å². The van der Waals surface area contributed by atoms with Crippen molar-refractivity contribution in [3.05, 3.63) is 59.7 Å². The maximum Gasteiger partial charge on any atom is 0.162 e. The van der Waals surface area contributed by atoms with E-state index in [0.717, 1.165) is 24.3 Å². The molecule has 106 valence electrons. The average molecular weight is 271 g/mol. The van der Waals surface area contributed by atoms with Gasteiger partial charge in [0.25, 0.3) is 0 Å². The molecule has 0 saturated carbocycles. The van der Waals surface area contributed by atoms with Crippen molar-refractivity contribution in [1.29, 1.82) is 0 Å². The fraction of sp³-hybridized carbons (Fsp3) is 0.375. The summed E-state index contributed by atoms with van der Waals surface area (Å²) in [6.07, 6.45) is 1.59. The zero-order chi connectivity index (χ0) is 14.2. The van der Waals surface area contributed by atoms with Crippen LogP contribution < -0.4 is 5.32 Å². The lowest BCUT2D eigenvalue weighted by Gasteiger charge is -2.16. The van der Waals surface area contributed by atoms with E-state index in [9.17, 15) is 0 Å². The highest BCUT2D eigenvalue weighted by Gasteiger charge is 2.17. The van der Waals surface area contributed by atoms with E-state index in [0.29, 0.717) is 12.4 Å². The van der Waals surface area contributed by atoms with Gasteiger partial charge in [-0.25, -0.2) is 9.97 Å². The molecule has 20 heavy (non-hydrogen) atoms. The van der Waals surface area contributed by atoms with Gasteiger partial charge in [0, 0.05) is 19.3 Å². The largest absolute Gasteiger partial charge is 0.366 e. The molecule has 4 heteroatoms. The van der Waals surface area contributed by atoms with Crippen molar-refractivity contribution in [3.63, 3.8) is 0 Å². The van der Waals surface area contributed by atoms with E-state index in [2.05, 4.69) is 22.2 Å². The Labute approximate surface area is 120 Å². The third-order valence-electron chi connectivity index (χ3n) is 2.96. The summed E-state index contributed by atoms with van der Waals surface area (Å²) in [5, 5.41) is 3.27. The van der Waals surface area contributed by atoms with Crippen LogP contribution in [-0.4, -0.2) is 23.1 Å². The molecule has 0 fully saturated rings. The summed E-state index contributed by atoms with van der Waals surface area (Å²) in [6.45, 7) is 6.36. The number of rotatable bonds is 7. The van der Waals surface area contributed by atoms with E-state index in [1.807, 2.05) is 43.3 Å². The SMILES string of the molecule is CCNCc1ccnc(C(OCC)c2ccccc2)n1. The van der Waals surface area contributed by atoms with Crippen molar-refractivity contribution in [3.8, 4) is 0 Å². The van der Waals surface area contributed by atoms with Crippen LogP contribution in [0.3, 0.4) is 0 Å². The first kappa shape index (κ1) is 14.6. The maximum absolute atomic E-state index is 5.83. The minimum atomic E-state index is -0.206. The van der Waals surface area contributed by atoms with Crippen LogP contribution in [-0.2, 0) is 11.3 Å². The normalized spacial score (nSPS) is 12.3. The molecule has 1 atom stereocenters. The first-order chi connectivity index (χ1) is 9.85. The predicted octanol–water partition coefficient (Wildman–Crippen LogP) is 2.71. The van der Waals surface area contributed by atoms with E-state index in [1.54, 1.807) is 6.20 Å². The number of benzene rings is 1. The standard InChI is InChI=1S/C16H21N3O/c1-3-17-12-14-10-11-18-16(19-14)15(20-4-2)13-8-6-5-7-9-13/h5-11,15,17H,3-4,12H2,1-2H3. The second-order valence-electron chi connectivity index (χ2n) is 4.43. The van der Waals surface area contributed by atoms with Crippen LogP contribution in [0.2, 0.25) is 0 Å². The molecular formula is C16H21N3O. The molecule has 4 nitrogen and oxygen atoms in total. The molecule has 1 N–H and O–H groups in total. The van der Waals surface area contributed by atoms with Gasteiger partial charge in [0.15, 0.2) is 5.82 Å². The van der Waals surface area contributed by atoms with E-state index < -0.39 is 0 Å².